The van der Waals surface area contributed by atoms with Crippen LogP contribution >= 0.6 is 12.4 Å². The molecule has 0 aliphatic carbocycles. The van der Waals surface area contributed by atoms with Gasteiger partial charge in [0.25, 0.3) is 0 Å². The molecular formula is C13H14ClN3O. The quantitative estimate of drug-likeness (QED) is 0.905. The molecule has 2 N–H and O–H groups in total. The maximum absolute atomic E-state index is 11.5. The van der Waals surface area contributed by atoms with Crippen molar-refractivity contribution in [2.75, 3.05) is 0 Å². The first-order valence-electron chi connectivity index (χ1n) is 5.38. The van der Waals surface area contributed by atoms with Gasteiger partial charge in [-0.05, 0) is 11.6 Å². The molecule has 0 amide bonds. The summed E-state index contributed by atoms with van der Waals surface area (Å²) in [6.07, 6.45) is 1.97. The number of hydrogen-bond donors (Lipinski definition) is 1. The summed E-state index contributed by atoms with van der Waals surface area (Å²) >= 11 is 0. The second kappa shape index (κ2) is 5.67. The van der Waals surface area contributed by atoms with Crippen LogP contribution in [0.4, 0.5) is 0 Å². The third-order valence-corrected chi connectivity index (χ3v) is 2.79. The first-order chi connectivity index (χ1) is 8.15. The van der Waals surface area contributed by atoms with E-state index >= 15 is 0 Å². The van der Waals surface area contributed by atoms with E-state index in [-0.39, 0.29) is 30.8 Å². The Labute approximate surface area is 111 Å². The number of carbonyl (C=O) groups is 1. The number of fused-ring (bicyclic) bond motifs is 1. The number of nitriles is 1. The van der Waals surface area contributed by atoms with Crippen LogP contribution in [0, 0.1) is 11.3 Å². The van der Waals surface area contributed by atoms with Crippen LogP contribution in [0.1, 0.15) is 29.7 Å². The third kappa shape index (κ3) is 2.37. The van der Waals surface area contributed by atoms with Gasteiger partial charge < -0.3 is 5.73 Å². The zero-order valence-corrected chi connectivity index (χ0v) is 10.8. The standard InChI is InChI=1S/C13H13N3O.ClH/c1-9(17)16-8-11(12(15)6-7-14)10-4-2-3-5-13(10)16;/h2-5,8,12H,6,15H2,1H3;1H/t12-;/m0./s1. The van der Waals surface area contributed by atoms with E-state index in [1.54, 1.807) is 10.8 Å². The second-order valence-corrected chi connectivity index (χ2v) is 3.96. The number of halogens is 1. The van der Waals surface area contributed by atoms with E-state index < -0.39 is 0 Å². The highest BCUT2D eigenvalue weighted by atomic mass is 35.5. The lowest BCUT2D eigenvalue weighted by molar-refractivity contribution is 0.0941. The van der Waals surface area contributed by atoms with Crippen molar-refractivity contribution >= 4 is 29.2 Å². The number of para-hydroxylation sites is 1. The van der Waals surface area contributed by atoms with Crippen LogP contribution in [0.25, 0.3) is 10.9 Å². The van der Waals surface area contributed by atoms with Crippen molar-refractivity contribution in [3.8, 4) is 6.07 Å². The fraction of sp³-hybridized carbons (Fsp3) is 0.231. The first-order valence-corrected chi connectivity index (χ1v) is 5.38. The van der Waals surface area contributed by atoms with Gasteiger partial charge in [0.1, 0.15) is 0 Å². The van der Waals surface area contributed by atoms with Crippen LogP contribution in [0.15, 0.2) is 30.5 Å². The average Bonchev–Trinajstić information content (AvgIpc) is 2.69. The van der Waals surface area contributed by atoms with Crippen molar-refractivity contribution < 1.29 is 4.79 Å². The van der Waals surface area contributed by atoms with Gasteiger partial charge in [0, 0.05) is 24.5 Å². The number of benzene rings is 1. The van der Waals surface area contributed by atoms with E-state index in [0.29, 0.717) is 0 Å². The Morgan fingerprint density at radius 3 is 2.78 bits per heavy atom. The summed E-state index contributed by atoms with van der Waals surface area (Å²) in [5.74, 6) is -0.0587. The van der Waals surface area contributed by atoms with Gasteiger partial charge in [-0.1, -0.05) is 18.2 Å². The molecule has 0 fully saturated rings. The second-order valence-electron chi connectivity index (χ2n) is 3.96. The Morgan fingerprint density at radius 1 is 1.50 bits per heavy atom. The SMILES string of the molecule is CC(=O)n1cc([C@@H](N)CC#N)c2ccccc21.Cl. The van der Waals surface area contributed by atoms with Gasteiger partial charge in [0.05, 0.1) is 18.0 Å². The molecule has 0 aliphatic rings. The molecule has 0 unspecified atom stereocenters. The fourth-order valence-corrected chi connectivity index (χ4v) is 1.97. The molecule has 5 heteroatoms. The molecule has 1 atom stereocenters. The van der Waals surface area contributed by atoms with Crippen LogP contribution in [-0.2, 0) is 0 Å². The molecule has 1 heterocycles. The van der Waals surface area contributed by atoms with Gasteiger partial charge in [-0.25, -0.2) is 0 Å². The molecule has 94 valence electrons. The number of hydrogen-bond acceptors (Lipinski definition) is 3. The number of carbonyl (C=O) groups excluding carboxylic acids is 1. The zero-order chi connectivity index (χ0) is 12.4. The van der Waals surface area contributed by atoms with Gasteiger partial charge >= 0.3 is 0 Å². The predicted molar refractivity (Wildman–Crippen MR) is 72.6 cm³/mol. The van der Waals surface area contributed by atoms with Crippen molar-refractivity contribution in [1.82, 2.24) is 4.57 Å². The summed E-state index contributed by atoms with van der Waals surface area (Å²) in [4.78, 5) is 11.5. The van der Waals surface area contributed by atoms with Gasteiger partial charge in [-0.3, -0.25) is 9.36 Å². The topological polar surface area (TPSA) is 71.8 Å². The maximum atomic E-state index is 11.5. The van der Waals surface area contributed by atoms with Gasteiger partial charge in [0.15, 0.2) is 0 Å². The molecule has 0 saturated heterocycles. The summed E-state index contributed by atoms with van der Waals surface area (Å²) < 4.78 is 1.57. The van der Waals surface area contributed by atoms with Crippen LogP contribution in [0.3, 0.4) is 0 Å². The lowest BCUT2D eigenvalue weighted by atomic mass is 10.0. The molecule has 1 aromatic heterocycles. The van der Waals surface area contributed by atoms with E-state index in [2.05, 4.69) is 0 Å². The van der Waals surface area contributed by atoms with E-state index in [1.807, 2.05) is 30.3 Å². The average molecular weight is 264 g/mol. The summed E-state index contributed by atoms with van der Waals surface area (Å²) in [6.45, 7) is 1.51. The van der Waals surface area contributed by atoms with E-state index in [4.69, 9.17) is 11.0 Å². The third-order valence-electron chi connectivity index (χ3n) is 2.79. The molecule has 18 heavy (non-hydrogen) atoms. The Hall–Kier alpha value is -1.83. The summed E-state index contributed by atoms with van der Waals surface area (Å²) in [5.41, 5.74) is 7.62. The minimum Gasteiger partial charge on any atom is -0.323 e. The minimum atomic E-state index is -0.356. The molecule has 0 saturated carbocycles. The summed E-state index contributed by atoms with van der Waals surface area (Å²) in [5, 5.41) is 9.62. The molecule has 0 bridgehead atoms. The minimum absolute atomic E-state index is 0. The molecule has 2 aromatic rings. The zero-order valence-electron chi connectivity index (χ0n) is 9.96. The smallest absolute Gasteiger partial charge is 0.227 e. The van der Waals surface area contributed by atoms with E-state index in [1.165, 1.54) is 6.92 Å². The van der Waals surface area contributed by atoms with Crippen molar-refractivity contribution in [1.29, 1.82) is 5.26 Å². The number of aromatic nitrogens is 1. The molecule has 2 rings (SSSR count). The van der Waals surface area contributed by atoms with E-state index in [9.17, 15) is 4.79 Å². The molecule has 0 spiro atoms. The van der Waals surface area contributed by atoms with Gasteiger partial charge in [0.2, 0.25) is 5.91 Å². The lowest BCUT2D eigenvalue weighted by Gasteiger charge is -2.04. The Bertz CT molecular complexity index is 612. The van der Waals surface area contributed by atoms with Crippen molar-refractivity contribution in [3.63, 3.8) is 0 Å². The van der Waals surface area contributed by atoms with Crippen molar-refractivity contribution in [2.45, 2.75) is 19.4 Å². The monoisotopic (exact) mass is 263 g/mol. The number of nitrogens with two attached hydrogens (primary N) is 1. The first kappa shape index (κ1) is 14.2. The molecular weight excluding hydrogens is 250 g/mol. The van der Waals surface area contributed by atoms with Crippen molar-refractivity contribution in [2.24, 2.45) is 5.73 Å². The number of rotatable bonds is 2. The van der Waals surface area contributed by atoms with Crippen LogP contribution in [0.2, 0.25) is 0 Å². The predicted octanol–water partition coefficient (Wildman–Crippen LogP) is 2.64. The lowest BCUT2D eigenvalue weighted by Crippen LogP contribution is -2.09. The largest absolute Gasteiger partial charge is 0.323 e. The molecule has 0 aliphatic heterocycles. The van der Waals surface area contributed by atoms with Crippen molar-refractivity contribution in [3.05, 3.63) is 36.0 Å². The highest BCUT2D eigenvalue weighted by Crippen LogP contribution is 2.26. The molecule has 4 nitrogen and oxygen atoms in total. The Balaban J connectivity index is 0.00000162. The van der Waals surface area contributed by atoms with Crippen LogP contribution in [0.5, 0.6) is 0 Å². The highest BCUT2D eigenvalue weighted by molar-refractivity contribution is 5.93. The maximum Gasteiger partial charge on any atom is 0.227 e. The Kier molecular flexibility index (Phi) is 4.49. The summed E-state index contributed by atoms with van der Waals surface area (Å²) in [6, 6.07) is 9.26. The molecule has 0 radical (unpaired) electrons. The number of nitrogens with zero attached hydrogens (tertiary/aromatic N) is 2. The highest BCUT2D eigenvalue weighted by Gasteiger charge is 2.15. The van der Waals surface area contributed by atoms with E-state index in [0.717, 1.165) is 16.5 Å². The van der Waals surface area contributed by atoms with Crippen LogP contribution in [-0.4, -0.2) is 10.5 Å². The van der Waals surface area contributed by atoms with Gasteiger partial charge in [-0.15, -0.1) is 12.4 Å². The fourth-order valence-electron chi connectivity index (χ4n) is 1.97. The normalized spacial score (nSPS) is 11.6. The van der Waals surface area contributed by atoms with Gasteiger partial charge in [-0.2, -0.15) is 5.26 Å². The van der Waals surface area contributed by atoms with Crippen LogP contribution < -0.4 is 5.73 Å². The summed E-state index contributed by atoms with van der Waals surface area (Å²) in [7, 11) is 0. The molecule has 1 aromatic carbocycles. The Morgan fingerprint density at radius 2 is 2.17 bits per heavy atom.